The van der Waals surface area contributed by atoms with Crippen molar-refractivity contribution in [3.8, 4) is 10.6 Å². The van der Waals surface area contributed by atoms with E-state index in [0.29, 0.717) is 22.1 Å². The van der Waals surface area contributed by atoms with E-state index in [1.807, 2.05) is 19.1 Å². The SMILES string of the molecule is Cc1nc(-c2ccc(F)cc2)sc1C(=O)NCc1ccccc1CN1CCOCC1. The Morgan fingerprint density at radius 3 is 2.57 bits per heavy atom. The zero-order valence-electron chi connectivity index (χ0n) is 16.9. The third-order valence-electron chi connectivity index (χ3n) is 5.15. The first-order valence-electron chi connectivity index (χ1n) is 9.98. The molecule has 0 spiro atoms. The van der Waals surface area contributed by atoms with E-state index in [1.54, 1.807) is 12.1 Å². The Morgan fingerprint density at radius 1 is 1.13 bits per heavy atom. The van der Waals surface area contributed by atoms with Crippen LogP contribution < -0.4 is 5.32 Å². The Morgan fingerprint density at radius 2 is 1.83 bits per heavy atom. The molecule has 1 N–H and O–H groups in total. The molecule has 1 amide bonds. The summed E-state index contributed by atoms with van der Waals surface area (Å²) in [7, 11) is 0. The molecule has 7 heteroatoms. The van der Waals surface area contributed by atoms with Gasteiger partial charge in [-0.05, 0) is 42.3 Å². The van der Waals surface area contributed by atoms with Gasteiger partial charge in [0, 0.05) is 31.7 Å². The summed E-state index contributed by atoms with van der Waals surface area (Å²) in [6.45, 7) is 6.51. The quantitative estimate of drug-likeness (QED) is 0.648. The summed E-state index contributed by atoms with van der Waals surface area (Å²) >= 11 is 1.33. The van der Waals surface area contributed by atoms with Crippen molar-refractivity contribution in [1.82, 2.24) is 15.2 Å². The van der Waals surface area contributed by atoms with Gasteiger partial charge in [-0.1, -0.05) is 24.3 Å². The van der Waals surface area contributed by atoms with Crippen LogP contribution in [0.1, 0.15) is 26.5 Å². The van der Waals surface area contributed by atoms with E-state index >= 15 is 0 Å². The molecule has 5 nitrogen and oxygen atoms in total. The second-order valence-corrected chi connectivity index (χ2v) is 8.28. The Balaban J connectivity index is 1.43. The summed E-state index contributed by atoms with van der Waals surface area (Å²) in [6, 6.07) is 14.3. The van der Waals surface area contributed by atoms with Crippen LogP contribution in [0.2, 0.25) is 0 Å². The number of benzene rings is 2. The van der Waals surface area contributed by atoms with Gasteiger partial charge in [-0.25, -0.2) is 9.37 Å². The zero-order valence-corrected chi connectivity index (χ0v) is 17.7. The van der Waals surface area contributed by atoms with E-state index in [9.17, 15) is 9.18 Å². The van der Waals surface area contributed by atoms with Crippen LogP contribution in [-0.4, -0.2) is 42.1 Å². The van der Waals surface area contributed by atoms with Gasteiger partial charge < -0.3 is 10.1 Å². The first kappa shape index (κ1) is 20.7. The van der Waals surface area contributed by atoms with Gasteiger partial charge in [0.25, 0.3) is 5.91 Å². The lowest BCUT2D eigenvalue weighted by Gasteiger charge is -2.27. The van der Waals surface area contributed by atoms with E-state index in [2.05, 4.69) is 27.3 Å². The molecule has 1 aromatic heterocycles. The molecule has 30 heavy (non-hydrogen) atoms. The largest absolute Gasteiger partial charge is 0.379 e. The lowest BCUT2D eigenvalue weighted by molar-refractivity contribution is 0.0340. The number of amides is 1. The minimum atomic E-state index is -0.291. The van der Waals surface area contributed by atoms with Crippen molar-refractivity contribution in [1.29, 1.82) is 0 Å². The summed E-state index contributed by atoms with van der Waals surface area (Å²) < 4.78 is 18.6. The molecule has 1 fully saturated rings. The predicted molar refractivity (Wildman–Crippen MR) is 116 cm³/mol. The number of morpholine rings is 1. The smallest absolute Gasteiger partial charge is 0.263 e. The van der Waals surface area contributed by atoms with Crippen LogP contribution in [0.3, 0.4) is 0 Å². The fourth-order valence-electron chi connectivity index (χ4n) is 3.46. The van der Waals surface area contributed by atoms with Crippen LogP contribution in [0, 0.1) is 12.7 Å². The number of nitrogens with zero attached hydrogens (tertiary/aromatic N) is 2. The monoisotopic (exact) mass is 425 g/mol. The van der Waals surface area contributed by atoms with Crippen molar-refractivity contribution in [3.05, 3.63) is 76.0 Å². The summed E-state index contributed by atoms with van der Waals surface area (Å²) in [4.78, 5) is 20.3. The molecule has 1 aliphatic rings. The summed E-state index contributed by atoms with van der Waals surface area (Å²) in [5.74, 6) is -0.430. The van der Waals surface area contributed by atoms with Crippen LogP contribution in [-0.2, 0) is 17.8 Å². The number of carbonyl (C=O) groups is 1. The van der Waals surface area contributed by atoms with Crippen molar-refractivity contribution in [2.45, 2.75) is 20.0 Å². The number of halogens is 1. The maximum Gasteiger partial charge on any atom is 0.263 e. The molecule has 4 rings (SSSR count). The topological polar surface area (TPSA) is 54.5 Å². The number of hydrogen-bond acceptors (Lipinski definition) is 5. The Hall–Kier alpha value is -2.61. The molecule has 0 saturated carbocycles. The van der Waals surface area contributed by atoms with Gasteiger partial charge in [-0.15, -0.1) is 11.3 Å². The predicted octanol–water partition coefficient (Wildman–Crippen LogP) is 4.02. The molecular formula is C23H24FN3O2S. The normalized spacial score (nSPS) is 14.6. The molecule has 0 unspecified atom stereocenters. The van der Waals surface area contributed by atoms with Crippen LogP contribution in [0.5, 0.6) is 0 Å². The zero-order chi connectivity index (χ0) is 20.9. The van der Waals surface area contributed by atoms with Crippen molar-refractivity contribution in [2.24, 2.45) is 0 Å². The minimum absolute atomic E-state index is 0.139. The molecule has 0 aliphatic carbocycles. The highest BCUT2D eigenvalue weighted by molar-refractivity contribution is 7.17. The highest BCUT2D eigenvalue weighted by Crippen LogP contribution is 2.28. The molecule has 2 aromatic carbocycles. The minimum Gasteiger partial charge on any atom is -0.379 e. The average molecular weight is 426 g/mol. The molecule has 0 bridgehead atoms. The summed E-state index contributed by atoms with van der Waals surface area (Å²) in [5, 5.41) is 3.75. The number of aryl methyl sites for hydroxylation is 1. The van der Waals surface area contributed by atoms with Gasteiger partial charge in [-0.3, -0.25) is 9.69 Å². The van der Waals surface area contributed by atoms with Gasteiger partial charge in [0.15, 0.2) is 0 Å². The summed E-state index contributed by atoms with van der Waals surface area (Å²) in [5.41, 5.74) is 3.81. The van der Waals surface area contributed by atoms with Crippen LogP contribution >= 0.6 is 11.3 Å². The molecule has 2 heterocycles. The van der Waals surface area contributed by atoms with Crippen molar-refractivity contribution in [3.63, 3.8) is 0 Å². The van der Waals surface area contributed by atoms with Gasteiger partial charge in [0.05, 0.1) is 18.9 Å². The van der Waals surface area contributed by atoms with E-state index in [-0.39, 0.29) is 11.7 Å². The number of aromatic nitrogens is 1. The van der Waals surface area contributed by atoms with Gasteiger partial charge >= 0.3 is 0 Å². The highest BCUT2D eigenvalue weighted by Gasteiger charge is 2.17. The average Bonchev–Trinajstić information content (AvgIpc) is 3.16. The van der Waals surface area contributed by atoms with Crippen molar-refractivity contribution < 1.29 is 13.9 Å². The first-order chi connectivity index (χ1) is 14.6. The number of thiazole rings is 1. The third kappa shape index (κ3) is 4.92. The fraction of sp³-hybridized carbons (Fsp3) is 0.304. The molecule has 1 saturated heterocycles. The maximum atomic E-state index is 13.2. The number of carbonyl (C=O) groups excluding carboxylic acids is 1. The number of rotatable bonds is 6. The fourth-order valence-corrected chi connectivity index (χ4v) is 4.45. The van der Waals surface area contributed by atoms with E-state index in [1.165, 1.54) is 29.0 Å². The van der Waals surface area contributed by atoms with Crippen LogP contribution in [0.25, 0.3) is 10.6 Å². The molecule has 0 radical (unpaired) electrons. The molecule has 0 atom stereocenters. The Labute approximate surface area is 179 Å². The lowest BCUT2D eigenvalue weighted by Crippen LogP contribution is -2.36. The standard InChI is InChI=1S/C23H24FN3O2S/c1-16-21(30-23(26-16)17-6-8-20(24)9-7-17)22(28)25-14-18-4-2-3-5-19(18)15-27-10-12-29-13-11-27/h2-9H,10-15H2,1H3,(H,25,28). The number of ether oxygens (including phenoxy) is 1. The highest BCUT2D eigenvalue weighted by atomic mass is 32.1. The summed E-state index contributed by atoms with van der Waals surface area (Å²) in [6.07, 6.45) is 0. The van der Waals surface area contributed by atoms with Crippen LogP contribution in [0.15, 0.2) is 48.5 Å². The van der Waals surface area contributed by atoms with E-state index < -0.39 is 0 Å². The van der Waals surface area contributed by atoms with Gasteiger partial charge in [-0.2, -0.15) is 0 Å². The van der Waals surface area contributed by atoms with Crippen LogP contribution in [0.4, 0.5) is 4.39 Å². The maximum absolute atomic E-state index is 13.2. The number of hydrogen-bond donors (Lipinski definition) is 1. The lowest BCUT2D eigenvalue weighted by atomic mass is 10.1. The number of nitrogens with one attached hydrogen (secondary N) is 1. The third-order valence-corrected chi connectivity index (χ3v) is 6.35. The second kappa shape index (κ2) is 9.47. The van der Waals surface area contributed by atoms with E-state index in [0.717, 1.165) is 44.0 Å². The molecule has 156 valence electrons. The Bertz CT molecular complexity index is 1010. The van der Waals surface area contributed by atoms with Gasteiger partial charge in [0.1, 0.15) is 15.7 Å². The van der Waals surface area contributed by atoms with Crippen molar-refractivity contribution in [2.75, 3.05) is 26.3 Å². The second-order valence-electron chi connectivity index (χ2n) is 7.28. The van der Waals surface area contributed by atoms with E-state index in [4.69, 9.17) is 4.74 Å². The van der Waals surface area contributed by atoms with Crippen molar-refractivity contribution >= 4 is 17.2 Å². The first-order valence-corrected chi connectivity index (χ1v) is 10.8. The van der Waals surface area contributed by atoms with Gasteiger partial charge in [0.2, 0.25) is 0 Å². The Kier molecular flexibility index (Phi) is 6.52. The molecule has 1 aliphatic heterocycles. The molecular weight excluding hydrogens is 401 g/mol. The molecule has 3 aromatic rings.